The van der Waals surface area contributed by atoms with Crippen LogP contribution in [0.2, 0.25) is 0 Å². The quantitative estimate of drug-likeness (QED) is 0.532. The van der Waals surface area contributed by atoms with Crippen molar-refractivity contribution in [2.75, 3.05) is 13.7 Å². The van der Waals surface area contributed by atoms with Crippen molar-refractivity contribution in [1.82, 2.24) is 20.3 Å². The van der Waals surface area contributed by atoms with E-state index in [0.717, 1.165) is 22.6 Å². The number of aromatic nitrogens is 3. The highest BCUT2D eigenvalue weighted by molar-refractivity contribution is 5.97. The second-order valence-electron chi connectivity index (χ2n) is 6.96. The fourth-order valence-electron chi connectivity index (χ4n) is 3.02. The standard InChI is InChI=1S/C21H22N4O3/c1-12(2)21-25-17-10-13(4-7-18(17)28-21)20(26)22-9-8-19-23-15-6-5-14(27-3)11-16(15)24-19/h4-7,10-12H,8-9H2,1-3H3,(H,22,26)(H,23,24). The van der Waals surface area contributed by atoms with E-state index in [1.807, 2.05) is 32.0 Å². The van der Waals surface area contributed by atoms with E-state index in [0.29, 0.717) is 35.5 Å². The maximum Gasteiger partial charge on any atom is 0.251 e. The molecule has 4 rings (SSSR count). The van der Waals surface area contributed by atoms with Gasteiger partial charge >= 0.3 is 0 Å². The van der Waals surface area contributed by atoms with Crippen LogP contribution in [0.25, 0.3) is 22.1 Å². The molecular formula is C21H22N4O3. The minimum absolute atomic E-state index is 0.145. The highest BCUT2D eigenvalue weighted by Crippen LogP contribution is 2.22. The fourth-order valence-corrected chi connectivity index (χ4v) is 3.02. The van der Waals surface area contributed by atoms with Gasteiger partial charge in [0.25, 0.3) is 5.91 Å². The highest BCUT2D eigenvalue weighted by atomic mass is 16.5. The van der Waals surface area contributed by atoms with E-state index in [2.05, 4.69) is 20.3 Å². The number of nitrogens with one attached hydrogen (secondary N) is 2. The lowest BCUT2D eigenvalue weighted by molar-refractivity contribution is 0.0954. The van der Waals surface area contributed by atoms with E-state index >= 15 is 0 Å². The Bertz CT molecular complexity index is 1140. The number of ether oxygens (including phenoxy) is 1. The Morgan fingerprint density at radius 1 is 1.18 bits per heavy atom. The number of hydrogen-bond donors (Lipinski definition) is 2. The van der Waals surface area contributed by atoms with Gasteiger partial charge in [0.1, 0.15) is 17.1 Å². The minimum Gasteiger partial charge on any atom is -0.497 e. The highest BCUT2D eigenvalue weighted by Gasteiger charge is 2.12. The van der Waals surface area contributed by atoms with Gasteiger partial charge in [-0.3, -0.25) is 4.79 Å². The Morgan fingerprint density at radius 2 is 2.04 bits per heavy atom. The number of fused-ring (bicyclic) bond motifs is 2. The van der Waals surface area contributed by atoms with Crippen molar-refractivity contribution in [3.8, 4) is 5.75 Å². The predicted octanol–water partition coefficient (Wildman–Crippen LogP) is 3.81. The second kappa shape index (κ2) is 7.34. The van der Waals surface area contributed by atoms with E-state index in [1.54, 1.807) is 25.3 Å². The molecule has 2 heterocycles. The first-order valence-electron chi connectivity index (χ1n) is 9.25. The van der Waals surface area contributed by atoms with Crippen LogP contribution in [0.1, 0.15) is 41.8 Å². The zero-order valence-corrected chi connectivity index (χ0v) is 16.1. The van der Waals surface area contributed by atoms with Crippen molar-refractivity contribution in [3.05, 3.63) is 53.7 Å². The number of hydrogen-bond acceptors (Lipinski definition) is 5. The summed E-state index contributed by atoms with van der Waals surface area (Å²) in [5.74, 6) is 2.33. The summed E-state index contributed by atoms with van der Waals surface area (Å²) in [6, 6.07) is 11.0. The third-order valence-corrected chi connectivity index (χ3v) is 4.55. The normalized spacial score (nSPS) is 11.4. The Kier molecular flexibility index (Phi) is 4.73. The van der Waals surface area contributed by atoms with Crippen molar-refractivity contribution in [2.45, 2.75) is 26.2 Å². The topological polar surface area (TPSA) is 93.0 Å². The number of H-pyrrole nitrogens is 1. The Balaban J connectivity index is 1.40. The summed E-state index contributed by atoms with van der Waals surface area (Å²) < 4.78 is 10.9. The number of carbonyl (C=O) groups is 1. The van der Waals surface area contributed by atoms with E-state index < -0.39 is 0 Å². The molecule has 0 radical (unpaired) electrons. The van der Waals surface area contributed by atoms with Crippen LogP contribution >= 0.6 is 0 Å². The molecule has 0 atom stereocenters. The van der Waals surface area contributed by atoms with Gasteiger partial charge in [-0.25, -0.2) is 9.97 Å². The number of imidazole rings is 1. The molecule has 7 nitrogen and oxygen atoms in total. The van der Waals surface area contributed by atoms with Gasteiger partial charge in [0.05, 0.1) is 18.1 Å². The summed E-state index contributed by atoms with van der Waals surface area (Å²) in [6.45, 7) is 4.52. The number of oxazole rings is 1. The van der Waals surface area contributed by atoms with Gasteiger partial charge in [0, 0.05) is 30.5 Å². The summed E-state index contributed by atoms with van der Waals surface area (Å²) in [5, 5.41) is 2.93. The largest absolute Gasteiger partial charge is 0.497 e. The minimum atomic E-state index is -0.145. The zero-order valence-electron chi connectivity index (χ0n) is 16.1. The molecule has 0 bridgehead atoms. The molecule has 2 aromatic heterocycles. The van der Waals surface area contributed by atoms with Gasteiger partial charge in [0.2, 0.25) is 0 Å². The Labute approximate surface area is 162 Å². The lowest BCUT2D eigenvalue weighted by Crippen LogP contribution is -2.25. The van der Waals surface area contributed by atoms with E-state index in [4.69, 9.17) is 9.15 Å². The van der Waals surface area contributed by atoms with Crippen LogP contribution < -0.4 is 10.1 Å². The second-order valence-corrected chi connectivity index (χ2v) is 6.96. The van der Waals surface area contributed by atoms with Crippen molar-refractivity contribution in [1.29, 1.82) is 0 Å². The number of benzene rings is 2. The zero-order chi connectivity index (χ0) is 19.7. The lowest BCUT2D eigenvalue weighted by Gasteiger charge is -2.03. The number of methoxy groups -OCH3 is 1. The number of rotatable bonds is 6. The van der Waals surface area contributed by atoms with Crippen molar-refractivity contribution in [2.24, 2.45) is 0 Å². The number of carbonyl (C=O) groups excluding carboxylic acids is 1. The monoisotopic (exact) mass is 378 g/mol. The summed E-state index contributed by atoms with van der Waals surface area (Å²) in [6.07, 6.45) is 0.604. The molecule has 0 fully saturated rings. The van der Waals surface area contributed by atoms with Gasteiger partial charge < -0.3 is 19.5 Å². The molecule has 2 N–H and O–H groups in total. The molecule has 0 aliphatic carbocycles. The summed E-state index contributed by atoms with van der Waals surface area (Å²) in [4.78, 5) is 24.7. The van der Waals surface area contributed by atoms with Gasteiger partial charge in [0.15, 0.2) is 11.5 Å². The Hall–Kier alpha value is -3.35. The molecule has 0 saturated carbocycles. The van der Waals surface area contributed by atoms with E-state index in [1.165, 1.54) is 0 Å². The molecule has 28 heavy (non-hydrogen) atoms. The van der Waals surface area contributed by atoms with Gasteiger partial charge in [-0.15, -0.1) is 0 Å². The average molecular weight is 378 g/mol. The van der Waals surface area contributed by atoms with Crippen LogP contribution in [0.3, 0.4) is 0 Å². The summed E-state index contributed by atoms with van der Waals surface area (Å²) in [7, 11) is 1.63. The molecule has 1 amide bonds. The molecule has 0 saturated heterocycles. The molecular weight excluding hydrogens is 356 g/mol. The third-order valence-electron chi connectivity index (χ3n) is 4.55. The first-order chi connectivity index (χ1) is 13.5. The smallest absolute Gasteiger partial charge is 0.251 e. The van der Waals surface area contributed by atoms with Crippen LogP contribution in [-0.2, 0) is 6.42 Å². The van der Waals surface area contributed by atoms with Gasteiger partial charge in [-0.05, 0) is 30.3 Å². The van der Waals surface area contributed by atoms with Crippen LogP contribution in [-0.4, -0.2) is 34.5 Å². The number of aromatic amines is 1. The van der Waals surface area contributed by atoms with Crippen LogP contribution in [0, 0.1) is 0 Å². The molecule has 0 aliphatic heterocycles. The van der Waals surface area contributed by atoms with E-state index in [-0.39, 0.29) is 11.8 Å². The first kappa shape index (κ1) is 18.0. The molecule has 0 aliphatic rings. The average Bonchev–Trinajstić information content (AvgIpc) is 3.30. The predicted molar refractivity (Wildman–Crippen MR) is 107 cm³/mol. The summed E-state index contributed by atoms with van der Waals surface area (Å²) in [5.41, 5.74) is 3.74. The van der Waals surface area contributed by atoms with Crippen molar-refractivity contribution >= 4 is 28.0 Å². The summed E-state index contributed by atoms with van der Waals surface area (Å²) >= 11 is 0. The third kappa shape index (κ3) is 3.55. The fraction of sp³-hybridized carbons (Fsp3) is 0.286. The maximum absolute atomic E-state index is 12.5. The molecule has 2 aromatic carbocycles. The SMILES string of the molecule is COc1ccc2nc(CCNC(=O)c3ccc4oc(C(C)C)nc4c3)[nH]c2c1. The molecule has 0 unspecified atom stereocenters. The van der Waals surface area contributed by atoms with E-state index in [9.17, 15) is 4.79 Å². The van der Waals surface area contributed by atoms with Crippen LogP contribution in [0.4, 0.5) is 0 Å². The number of amides is 1. The molecule has 0 spiro atoms. The maximum atomic E-state index is 12.5. The van der Waals surface area contributed by atoms with Gasteiger partial charge in [-0.2, -0.15) is 0 Å². The van der Waals surface area contributed by atoms with Crippen LogP contribution in [0.5, 0.6) is 5.75 Å². The molecule has 4 aromatic rings. The Morgan fingerprint density at radius 3 is 2.82 bits per heavy atom. The molecule has 7 heteroatoms. The van der Waals surface area contributed by atoms with Gasteiger partial charge in [-0.1, -0.05) is 13.8 Å². The number of nitrogens with zero attached hydrogens (tertiary/aromatic N) is 2. The van der Waals surface area contributed by atoms with Crippen LogP contribution in [0.15, 0.2) is 40.8 Å². The van der Waals surface area contributed by atoms with Crippen molar-refractivity contribution < 1.29 is 13.9 Å². The first-order valence-corrected chi connectivity index (χ1v) is 9.25. The lowest BCUT2D eigenvalue weighted by atomic mass is 10.2. The molecule has 144 valence electrons. The van der Waals surface area contributed by atoms with Crippen molar-refractivity contribution in [3.63, 3.8) is 0 Å².